The molecule has 5 nitrogen and oxygen atoms in total. The molecule has 1 aromatic rings. The van der Waals surface area contributed by atoms with Gasteiger partial charge in [-0.2, -0.15) is 0 Å². The van der Waals surface area contributed by atoms with Gasteiger partial charge in [0.05, 0.1) is 11.5 Å². The predicted octanol–water partition coefficient (Wildman–Crippen LogP) is 2.41. The molecular formula is C12H18N2O3. The van der Waals surface area contributed by atoms with Crippen molar-refractivity contribution in [3.63, 3.8) is 0 Å². The van der Waals surface area contributed by atoms with Crippen LogP contribution in [-0.4, -0.2) is 22.7 Å². The van der Waals surface area contributed by atoms with E-state index in [1.54, 1.807) is 12.1 Å². The van der Waals surface area contributed by atoms with Gasteiger partial charge in [-0.15, -0.1) is 0 Å². The van der Waals surface area contributed by atoms with Crippen molar-refractivity contribution in [2.24, 2.45) is 5.92 Å². The standard InChI is InChI=1S/C12H18N2O3/c1-9(2)7-11(8-15)13-10-3-5-12(6-4-10)14(16)17/h3-6,9,11,13,15H,7-8H2,1-2H3. The average molecular weight is 238 g/mol. The van der Waals surface area contributed by atoms with Gasteiger partial charge in [0, 0.05) is 23.9 Å². The SMILES string of the molecule is CC(C)CC(CO)Nc1ccc([N+](=O)[O-])cc1. The van der Waals surface area contributed by atoms with E-state index in [2.05, 4.69) is 19.2 Å². The normalized spacial score (nSPS) is 12.5. The quantitative estimate of drug-likeness (QED) is 0.589. The Kier molecular flexibility index (Phi) is 4.90. The Labute approximate surface area is 101 Å². The number of benzene rings is 1. The van der Waals surface area contributed by atoms with Crippen LogP contribution in [0.25, 0.3) is 0 Å². The third kappa shape index (κ3) is 4.40. The van der Waals surface area contributed by atoms with Crippen LogP contribution in [0, 0.1) is 16.0 Å². The summed E-state index contributed by atoms with van der Waals surface area (Å²) in [5.74, 6) is 0.484. The van der Waals surface area contributed by atoms with Crippen molar-refractivity contribution in [2.75, 3.05) is 11.9 Å². The number of rotatable bonds is 6. The van der Waals surface area contributed by atoms with Gasteiger partial charge in [0.2, 0.25) is 0 Å². The maximum Gasteiger partial charge on any atom is 0.269 e. The molecular weight excluding hydrogens is 220 g/mol. The smallest absolute Gasteiger partial charge is 0.269 e. The van der Waals surface area contributed by atoms with Crippen LogP contribution in [0.15, 0.2) is 24.3 Å². The lowest BCUT2D eigenvalue weighted by Gasteiger charge is -2.19. The van der Waals surface area contributed by atoms with Crippen LogP contribution >= 0.6 is 0 Å². The average Bonchev–Trinajstić information content (AvgIpc) is 2.28. The molecule has 1 unspecified atom stereocenters. The van der Waals surface area contributed by atoms with E-state index in [1.807, 2.05) is 0 Å². The zero-order valence-corrected chi connectivity index (χ0v) is 10.1. The van der Waals surface area contributed by atoms with Crippen LogP contribution in [-0.2, 0) is 0 Å². The topological polar surface area (TPSA) is 75.4 Å². The molecule has 5 heteroatoms. The summed E-state index contributed by atoms with van der Waals surface area (Å²) in [7, 11) is 0. The number of nitrogens with zero attached hydrogens (tertiary/aromatic N) is 1. The first-order chi connectivity index (χ1) is 8.02. The molecule has 0 bridgehead atoms. The summed E-state index contributed by atoms with van der Waals surface area (Å²) in [6.45, 7) is 4.22. The summed E-state index contributed by atoms with van der Waals surface area (Å²) in [5.41, 5.74) is 0.857. The fourth-order valence-electron chi connectivity index (χ4n) is 1.66. The van der Waals surface area contributed by atoms with Crippen molar-refractivity contribution >= 4 is 11.4 Å². The van der Waals surface area contributed by atoms with Crippen LogP contribution in [0.2, 0.25) is 0 Å². The highest BCUT2D eigenvalue weighted by atomic mass is 16.6. The van der Waals surface area contributed by atoms with Gasteiger partial charge in [0.15, 0.2) is 0 Å². The van der Waals surface area contributed by atoms with E-state index in [0.29, 0.717) is 5.92 Å². The molecule has 0 aliphatic heterocycles. The zero-order chi connectivity index (χ0) is 12.8. The molecule has 1 atom stereocenters. The second-order valence-corrected chi connectivity index (χ2v) is 4.46. The molecule has 1 rings (SSSR count). The first-order valence-electron chi connectivity index (χ1n) is 5.64. The molecule has 0 radical (unpaired) electrons. The summed E-state index contributed by atoms with van der Waals surface area (Å²) in [5, 5.41) is 22.8. The summed E-state index contributed by atoms with van der Waals surface area (Å²) in [6.07, 6.45) is 0.855. The van der Waals surface area contributed by atoms with E-state index in [9.17, 15) is 15.2 Å². The van der Waals surface area contributed by atoms with Crippen LogP contribution in [0.3, 0.4) is 0 Å². The molecule has 0 heterocycles. The van der Waals surface area contributed by atoms with Crippen LogP contribution in [0.1, 0.15) is 20.3 Å². The second-order valence-electron chi connectivity index (χ2n) is 4.46. The molecule has 0 saturated heterocycles. The highest BCUT2D eigenvalue weighted by Gasteiger charge is 2.10. The monoisotopic (exact) mass is 238 g/mol. The van der Waals surface area contributed by atoms with Gasteiger partial charge in [-0.1, -0.05) is 13.8 Å². The van der Waals surface area contributed by atoms with Crippen molar-refractivity contribution in [3.8, 4) is 0 Å². The van der Waals surface area contributed by atoms with Crippen molar-refractivity contribution < 1.29 is 10.0 Å². The molecule has 94 valence electrons. The number of non-ortho nitro benzene ring substituents is 1. The Morgan fingerprint density at radius 2 is 1.94 bits per heavy atom. The van der Waals surface area contributed by atoms with Crippen molar-refractivity contribution in [3.05, 3.63) is 34.4 Å². The zero-order valence-electron chi connectivity index (χ0n) is 10.1. The molecule has 17 heavy (non-hydrogen) atoms. The van der Waals surface area contributed by atoms with E-state index in [0.717, 1.165) is 12.1 Å². The van der Waals surface area contributed by atoms with Gasteiger partial charge >= 0.3 is 0 Å². The van der Waals surface area contributed by atoms with Gasteiger partial charge in [-0.3, -0.25) is 10.1 Å². The van der Waals surface area contributed by atoms with E-state index >= 15 is 0 Å². The number of aliphatic hydroxyl groups excluding tert-OH is 1. The van der Waals surface area contributed by atoms with Gasteiger partial charge in [0.25, 0.3) is 5.69 Å². The van der Waals surface area contributed by atoms with Crippen molar-refractivity contribution in [2.45, 2.75) is 26.3 Å². The summed E-state index contributed by atoms with van der Waals surface area (Å²) in [6, 6.07) is 6.19. The number of nitro groups is 1. The molecule has 0 fully saturated rings. The summed E-state index contributed by atoms with van der Waals surface area (Å²) < 4.78 is 0. The number of aliphatic hydroxyl groups is 1. The highest BCUT2D eigenvalue weighted by molar-refractivity contribution is 5.49. The lowest BCUT2D eigenvalue weighted by molar-refractivity contribution is -0.384. The fourth-order valence-corrected chi connectivity index (χ4v) is 1.66. The number of anilines is 1. The lowest BCUT2D eigenvalue weighted by atomic mass is 10.0. The Morgan fingerprint density at radius 1 is 1.35 bits per heavy atom. The molecule has 0 aliphatic rings. The maximum atomic E-state index is 10.5. The summed E-state index contributed by atoms with van der Waals surface area (Å²) >= 11 is 0. The molecule has 0 amide bonds. The molecule has 2 N–H and O–H groups in total. The third-order valence-corrected chi connectivity index (χ3v) is 2.43. The minimum atomic E-state index is -0.429. The van der Waals surface area contributed by atoms with Gasteiger partial charge < -0.3 is 10.4 Å². The Balaban J connectivity index is 2.64. The van der Waals surface area contributed by atoms with Gasteiger partial charge in [-0.05, 0) is 24.5 Å². The Hall–Kier alpha value is -1.62. The lowest BCUT2D eigenvalue weighted by Crippen LogP contribution is -2.25. The fraction of sp³-hybridized carbons (Fsp3) is 0.500. The number of nitrogens with one attached hydrogen (secondary N) is 1. The molecule has 1 aromatic carbocycles. The van der Waals surface area contributed by atoms with E-state index in [1.165, 1.54) is 12.1 Å². The van der Waals surface area contributed by atoms with Crippen LogP contribution in [0.5, 0.6) is 0 Å². The Morgan fingerprint density at radius 3 is 2.35 bits per heavy atom. The Bertz CT molecular complexity index is 363. The molecule has 0 aliphatic carbocycles. The number of hydrogen-bond acceptors (Lipinski definition) is 4. The molecule has 0 saturated carbocycles. The molecule has 0 aromatic heterocycles. The molecule has 0 spiro atoms. The predicted molar refractivity (Wildman–Crippen MR) is 67.0 cm³/mol. The van der Waals surface area contributed by atoms with Gasteiger partial charge in [0.1, 0.15) is 0 Å². The maximum absolute atomic E-state index is 10.5. The van der Waals surface area contributed by atoms with E-state index in [-0.39, 0.29) is 18.3 Å². The first kappa shape index (κ1) is 13.4. The minimum absolute atomic E-state index is 0.0172. The van der Waals surface area contributed by atoms with Crippen molar-refractivity contribution in [1.29, 1.82) is 0 Å². The van der Waals surface area contributed by atoms with Crippen molar-refractivity contribution in [1.82, 2.24) is 0 Å². The van der Waals surface area contributed by atoms with Crippen LogP contribution in [0.4, 0.5) is 11.4 Å². The van der Waals surface area contributed by atoms with Gasteiger partial charge in [-0.25, -0.2) is 0 Å². The number of nitro benzene ring substituents is 1. The van der Waals surface area contributed by atoms with E-state index < -0.39 is 4.92 Å². The number of hydrogen-bond donors (Lipinski definition) is 2. The third-order valence-electron chi connectivity index (χ3n) is 2.43. The minimum Gasteiger partial charge on any atom is -0.394 e. The van der Waals surface area contributed by atoms with E-state index in [4.69, 9.17) is 0 Å². The highest BCUT2D eigenvalue weighted by Crippen LogP contribution is 2.17. The van der Waals surface area contributed by atoms with Crippen LogP contribution < -0.4 is 5.32 Å². The largest absolute Gasteiger partial charge is 0.394 e. The second kappa shape index (κ2) is 6.20. The first-order valence-corrected chi connectivity index (χ1v) is 5.64. The summed E-state index contributed by atoms with van der Waals surface area (Å²) in [4.78, 5) is 10.1.